The number of sulfonamides is 1. The van der Waals surface area contributed by atoms with E-state index in [0.717, 1.165) is 12.8 Å². The van der Waals surface area contributed by atoms with Crippen LogP contribution >= 0.6 is 0 Å². The number of rotatable bonds is 5. The van der Waals surface area contributed by atoms with E-state index in [1.54, 1.807) is 24.3 Å². The number of para-hydroxylation sites is 1. The lowest BCUT2D eigenvalue weighted by Gasteiger charge is -2.27. The smallest absolute Gasteiger partial charge is 0.238 e. The van der Waals surface area contributed by atoms with E-state index >= 15 is 0 Å². The second-order valence-electron chi connectivity index (χ2n) is 5.98. The van der Waals surface area contributed by atoms with Crippen LogP contribution < -0.4 is 9.46 Å². The Morgan fingerprint density at radius 3 is 2.42 bits per heavy atom. The largest absolute Gasteiger partial charge is 0.457 e. The summed E-state index contributed by atoms with van der Waals surface area (Å²) in [4.78, 5) is 0. The molecule has 2 atom stereocenters. The maximum absolute atomic E-state index is 12.5. The van der Waals surface area contributed by atoms with Crippen molar-refractivity contribution in [2.24, 2.45) is 0 Å². The van der Waals surface area contributed by atoms with Gasteiger partial charge in [-0.05, 0) is 37.1 Å². The molecule has 1 aliphatic carbocycles. The zero-order valence-corrected chi connectivity index (χ0v) is 14.1. The molecule has 2 unspecified atom stereocenters. The zero-order chi connectivity index (χ0) is 17.0. The van der Waals surface area contributed by atoms with Gasteiger partial charge < -0.3 is 9.84 Å². The summed E-state index contributed by atoms with van der Waals surface area (Å²) in [5.74, 6) is 1.23. The Balaban J connectivity index is 1.74. The lowest BCUT2D eigenvalue weighted by molar-refractivity contribution is 0.133. The molecule has 0 spiro atoms. The standard InChI is InChI=1S/C18H21NO4S/c20-17-11-4-5-12-18(17)24(21,22)19-14-7-6-10-16(13-14)23-15-8-2-1-3-9-15/h1-3,6-10,13,17-20H,4-5,11-12H2. The second-order valence-corrected chi connectivity index (χ2v) is 7.88. The maximum atomic E-state index is 12.5. The normalized spacial score (nSPS) is 21.2. The highest BCUT2D eigenvalue weighted by Crippen LogP contribution is 2.28. The van der Waals surface area contributed by atoms with E-state index in [0.29, 0.717) is 30.0 Å². The molecule has 1 aliphatic rings. The van der Waals surface area contributed by atoms with E-state index in [1.807, 2.05) is 30.3 Å². The summed E-state index contributed by atoms with van der Waals surface area (Å²) in [7, 11) is -3.63. The van der Waals surface area contributed by atoms with Crippen molar-refractivity contribution < 1.29 is 18.3 Å². The molecule has 1 saturated carbocycles. The average molecular weight is 347 g/mol. The molecule has 0 saturated heterocycles. The number of ether oxygens (including phenoxy) is 1. The number of hydrogen-bond acceptors (Lipinski definition) is 4. The Hall–Kier alpha value is -2.05. The van der Waals surface area contributed by atoms with Crippen LogP contribution in [0.1, 0.15) is 25.7 Å². The Bertz CT molecular complexity index is 777. The van der Waals surface area contributed by atoms with Gasteiger partial charge in [-0.3, -0.25) is 4.72 Å². The van der Waals surface area contributed by atoms with Crippen molar-refractivity contribution in [3.05, 3.63) is 54.6 Å². The molecule has 0 heterocycles. The summed E-state index contributed by atoms with van der Waals surface area (Å²) >= 11 is 0. The molecular formula is C18H21NO4S. The molecule has 0 bridgehead atoms. The van der Waals surface area contributed by atoms with Gasteiger partial charge in [-0.1, -0.05) is 37.1 Å². The molecular weight excluding hydrogens is 326 g/mol. The van der Waals surface area contributed by atoms with Crippen molar-refractivity contribution in [3.63, 3.8) is 0 Å². The fraction of sp³-hybridized carbons (Fsp3) is 0.333. The maximum Gasteiger partial charge on any atom is 0.238 e. The SMILES string of the molecule is O=S(=O)(Nc1cccc(Oc2ccccc2)c1)C1CCCCC1O. The number of hydrogen-bond donors (Lipinski definition) is 2. The topological polar surface area (TPSA) is 75.6 Å². The first kappa shape index (κ1) is 16.8. The van der Waals surface area contributed by atoms with Crippen LogP contribution in [0.4, 0.5) is 5.69 Å². The summed E-state index contributed by atoms with van der Waals surface area (Å²) in [6.45, 7) is 0. The van der Waals surface area contributed by atoms with E-state index in [-0.39, 0.29) is 0 Å². The summed E-state index contributed by atoms with van der Waals surface area (Å²) in [5.41, 5.74) is 0.432. The van der Waals surface area contributed by atoms with Gasteiger partial charge in [-0.25, -0.2) is 8.42 Å². The molecule has 2 aromatic rings. The number of anilines is 1. The predicted octanol–water partition coefficient (Wildman–Crippen LogP) is 3.52. The fourth-order valence-corrected chi connectivity index (χ4v) is 4.56. The Labute approximate surface area is 142 Å². The minimum atomic E-state index is -3.63. The molecule has 6 heteroatoms. The lowest BCUT2D eigenvalue weighted by atomic mass is 9.97. The third kappa shape index (κ3) is 4.07. The van der Waals surface area contributed by atoms with Crippen LogP contribution in [0, 0.1) is 0 Å². The summed E-state index contributed by atoms with van der Waals surface area (Å²) in [6, 6.07) is 16.1. The van der Waals surface area contributed by atoms with Gasteiger partial charge in [0, 0.05) is 6.07 Å². The monoisotopic (exact) mass is 347 g/mol. The van der Waals surface area contributed by atoms with Gasteiger partial charge in [-0.15, -0.1) is 0 Å². The minimum absolute atomic E-state index is 0.432. The predicted molar refractivity (Wildman–Crippen MR) is 93.8 cm³/mol. The molecule has 24 heavy (non-hydrogen) atoms. The summed E-state index contributed by atoms with van der Waals surface area (Å²) in [6.07, 6.45) is 1.90. The van der Waals surface area contributed by atoms with Crippen molar-refractivity contribution in [2.45, 2.75) is 37.0 Å². The van der Waals surface area contributed by atoms with Crippen molar-refractivity contribution in [2.75, 3.05) is 4.72 Å². The summed E-state index contributed by atoms with van der Waals surface area (Å²) in [5, 5.41) is 9.23. The van der Waals surface area contributed by atoms with Crippen LogP contribution in [0.5, 0.6) is 11.5 Å². The van der Waals surface area contributed by atoms with Gasteiger partial charge >= 0.3 is 0 Å². The second kappa shape index (κ2) is 7.23. The summed E-state index contributed by atoms with van der Waals surface area (Å²) < 4.78 is 33.3. The van der Waals surface area contributed by atoms with Crippen LogP contribution in [0.15, 0.2) is 54.6 Å². The van der Waals surface area contributed by atoms with E-state index < -0.39 is 21.4 Å². The van der Waals surface area contributed by atoms with Crippen LogP contribution in [0.25, 0.3) is 0 Å². The highest BCUT2D eigenvalue weighted by Gasteiger charge is 2.34. The van der Waals surface area contributed by atoms with Crippen molar-refractivity contribution in [3.8, 4) is 11.5 Å². The highest BCUT2D eigenvalue weighted by molar-refractivity contribution is 7.93. The van der Waals surface area contributed by atoms with Crippen LogP contribution in [0.2, 0.25) is 0 Å². The number of nitrogens with one attached hydrogen (secondary N) is 1. The van der Waals surface area contributed by atoms with Crippen molar-refractivity contribution in [1.82, 2.24) is 0 Å². The first-order valence-electron chi connectivity index (χ1n) is 8.07. The molecule has 0 aromatic heterocycles. The van der Waals surface area contributed by atoms with Gasteiger partial charge in [-0.2, -0.15) is 0 Å². The number of aliphatic hydroxyl groups is 1. The van der Waals surface area contributed by atoms with E-state index in [9.17, 15) is 13.5 Å². The van der Waals surface area contributed by atoms with Crippen LogP contribution in [-0.4, -0.2) is 24.9 Å². The van der Waals surface area contributed by atoms with Gasteiger partial charge in [0.2, 0.25) is 10.0 Å². The van der Waals surface area contributed by atoms with Crippen LogP contribution in [0.3, 0.4) is 0 Å². The van der Waals surface area contributed by atoms with Crippen molar-refractivity contribution >= 4 is 15.7 Å². The first-order valence-corrected chi connectivity index (χ1v) is 9.62. The van der Waals surface area contributed by atoms with Gasteiger partial charge in [0.05, 0.1) is 11.8 Å². The van der Waals surface area contributed by atoms with Gasteiger partial charge in [0.1, 0.15) is 16.7 Å². The van der Waals surface area contributed by atoms with Gasteiger partial charge in [0.25, 0.3) is 0 Å². The van der Waals surface area contributed by atoms with E-state index in [2.05, 4.69) is 4.72 Å². The van der Waals surface area contributed by atoms with E-state index in [1.165, 1.54) is 0 Å². The molecule has 0 aliphatic heterocycles. The third-order valence-corrected chi connectivity index (χ3v) is 6.01. The molecule has 0 amide bonds. The molecule has 3 rings (SSSR count). The number of benzene rings is 2. The zero-order valence-electron chi connectivity index (χ0n) is 13.3. The lowest BCUT2D eigenvalue weighted by Crippen LogP contribution is -2.40. The molecule has 0 radical (unpaired) electrons. The Morgan fingerprint density at radius 2 is 1.67 bits per heavy atom. The average Bonchev–Trinajstić information content (AvgIpc) is 2.56. The first-order chi connectivity index (χ1) is 11.5. The van der Waals surface area contributed by atoms with Crippen molar-refractivity contribution in [1.29, 1.82) is 0 Å². The Morgan fingerprint density at radius 1 is 0.958 bits per heavy atom. The van der Waals surface area contributed by atoms with Crippen LogP contribution in [-0.2, 0) is 10.0 Å². The van der Waals surface area contributed by atoms with E-state index in [4.69, 9.17) is 4.74 Å². The number of aliphatic hydroxyl groups excluding tert-OH is 1. The highest BCUT2D eigenvalue weighted by atomic mass is 32.2. The molecule has 5 nitrogen and oxygen atoms in total. The van der Waals surface area contributed by atoms with Gasteiger partial charge in [0.15, 0.2) is 0 Å². The third-order valence-electron chi connectivity index (χ3n) is 4.14. The Kier molecular flexibility index (Phi) is 5.06. The minimum Gasteiger partial charge on any atom is -0.457 e. The fourth-order valence-electron chi connectivity index (χ4n) is 2.93. The molecule has 128 valence electrons. The molecule has 2 aromatic carbocycles. The molecule has 2 N–H and O–H groups in total. The molecule has 1 fully saturated rings. The quantitative estimate of drug-likeness (QED) is 0.868.